The van der Waals surface area contributed by atoms with Crippen LogP contribution in [0.25, 0.3) is 0 Å². The van der Waals surface area contributed by atoms with Crippen molar-refractivity contribution < 1.29 is 9.53 Å². The van der Waals surface area contributed by atoms with Gasteiger partial charge < -0.3 is 4.74 Å². The zero-order valence-corrected chi connectivity index (χ0v) is 13.0. The Hall–Kier alpha value is -2.25. The smallest absolute Gasteiger partial charge is 0.308 e. The Morgan fingerprint density at radius 2 is 1.68 bits per heavy atom. The molecule has 2 aromatic carbocycles. The average molecular weight is 309 g/mol. The standard InChI is InChI=1S/C18H15NO2S/c1-2-21-17(20)11-18(12-19)13-7-3-5-9-15(13)22-16-10-6-4-8-14(16)18/h3-10H,2,11H2,1H3. The van der Waals surface area contributed by atoms with E-state index in [0.717, 1.165) is 20.9 Å². The van der Waals surface area contributed by atoms with Crippen LogP contribution < -0.4 is 0 Å². The molecule has 1 aliphatic heterocycles. The maximum atomic E-state index is 12.1. The highest BCUT2D eigenvalue weighted by Gasteiger charge is 2.43. The van der Waals surface area contributed by atoms with Crippen LogP contribution in [0.4, 0.5) is 0 Å². The number of carbonyl (C=O) groups is 1. The summed E-state index contributed by atoms with van der Waals surface area (Å²) in [5.74, 6) is -0.347. The molecule has 1 heterocycles. The highest BCUT2D eigenvalue weighted by molar-refractivity contribution is 7.99. The Bertz CT molecular complexity index is 718. The van der Waals surface area contributed by atoms with Crippen molar-refractivity contribution in [2.24, 2.45) is 0 Å². The minimum atomic E-state index is -0.981. The third kappa shape index (κ3) is 2.28. The second kappa shape index (κ2) is 5.86. The highest BCUT2D eigenvalue weighted by Crippen LogP contribution is 2.50. The summed E-state index contributed by atoms with van der Waals surface area (Å²) < 4.78 is 5.10. The predicted octanol–water partition coefficient (Wildman–Crippen LogP) is 3.91. The summed E-state index contributed by atoms with van der Waals surface area (Å²) in [5, 5.41) is 9.99. The summed E-state index contributed by atoms with van der Waals surface area (Å²) in [4.78, 5) is 14.2. The number of nitriles is 1. The summed E-state index contributed by atoms with van der Waals surface area (Å²) in [6.07, 6.45) is 0.0337. The molecule has 0 fully saturated rings. The molecule has 0 saturated carbocycles. The van der Waals surface area contributed by atoms with E-state index in [1.54, 1.807) is 18.7 Å². The fourth-order valence-corrected chi connectivity index (χ4v) is 4.09. The van der Waals surface area contributed by atoms with Gasteiger partial charge in [-0.1, -0.05) is 48.2 Å². The van der Waals surface area contributed by atoms with Crippen LogP contribution in [-0.4, -0.2) is 12.6 Å². The molecule has 0 spiro atoms. The van der Waals surface area contributed by atoms with Crippen LogP contribution in [-0.2, 0) is 14.9 Å². The van der Waals surface area contributed by atoms with Gasteiger partial charge in [0, 0.05) is 9.79 Å². The zero-order valence-electron chi connectivity index (χ0n) is 12.2. The summed E-state index contributed by atoms with van der Waals surface area (Å²) in [6.45, 7) is 2.09. The number of carbonyl (C=O) groups excluding carboxylic acids is 1. The van der Waals surface area contributed by atoms with Crippen LogP contribution in [0.5, 0.6) is 0 Å². The van der Waals surface area contributed by atoms with Gasteiger partial charge in [-0.15, -0.1) is 0 Å². The van der Waals surface area contributed by atoms with Gasteiger partial charge in [-0.3, -0.25) is 4.79 Å². The number of ether oxygens (including phenoxy) is 1. The average Bonchev–Trinajstić information content (AvgIpc) is 2.54. The molecular weight excluding hydrogens is 294 g/mol. The number of nitrogens with zero attached hydrogens (tertiary/aromatic N) is 1. The molecule has 0 aliphatic carbocycles. The van der Waals surface area contributed by atoms with E-state index in [2.05, 4.69) is 6.07 Å². The van der Waals surface area contributed by atoms with Crippen molar-refractivity contribution in [3.05, 3.63) is 59.7 Å². The fourth-order valence-electron chi connectivity index (χ4n) is 2.86. The van der Waals surface area contributed by atoms with Crippen molar-refractivity contribution in [2.45, 2.75) is 28.6 Å². The lowest BCUT2D eigenvalue weighted by atomic mass is 9.73. The van der Waals surface area contributed by atoms with Crippen molar-refractivity contribution >= 4 is 17.7 Å². The van der Waals surface area contributed by atoms with Crippen molar-refractivity contribution in [1.82, 2.24) is 0 Å². The van der Waals surface area contributed by atoms with Gasteiger partial charge in [0.2, 0.25) is 0 Å². The number of esters is 1. The summed E-state index contributed by atoms with van der Waals surface area (Å²) in [5.41, 5.74) is 0.786. The first-order valence-electron chi connectivity index (χ1n) is 7.15. The van der Waals surface area contributed by atoms with Crippen LogP contribution in [0, 0.1) is 11.3 Å². The van der Waals surface area contributed by atoms with Gasteiger partial charge in [-0.05, 0) is 30.2 Å². The lowest BCUT2D eigenvalue weighted by molar-refractivity contribution is -0.143. The van der Waals surface area contributed by atoms with Gasteiger partial charge in [0.1, 0.15) is 5.41 Å². The molecule has 0 N–H and O–H groups in total. The van der Waals surface area contributed by atoms with Gasteiger partial charge in [0.25, 0.3) is 0 Å². The first-order chi connectivity index (χ1) is 10.7. The number of benzene rings is 2. The molecule has 0 unspecified atom stereocenters. The summed E-state index contributed by atoms with van der Waals surface area (Å²) in [6, 6.07) is 18.0. The first-order valence-corrected chi connectivity index (χ1v) is 7.96. The van der Waals surface area contributed by atoms with E-state index in [0.29, 0.717) is 6.61 Å². The lowest BCUT2D eigenvalue weighted by Gasteiger charge is -2.34. The Morgan fingerprint density at radius 1 is 1.14 bits per heavy atom. The monoisotopic (exact) mass is 309 g/mol. The quantitative estimate of drug-likeness (QED) is 0.807. The topological polar surface area (TPSA) is 50.1 Å². The zero-order chi connectivity index (χ0) is 15.6. The molecule has 1 aliphatic rings. The van der Waals surface area contributed by atoms with Crippen LogP contribution in [0.3, 0.4) is 0 Å². The normalized spacial score (nSPS) is 14.4. The van der Waals surface area contributed by atoms with Crippen LogP contribution in [0.1, 0.15) is 24.5 Å². The molecule has 4 heteroatoms. The Kier molecular flexibility index (Phi) is 3.91. The van der Waals surface area contributed by atoms with E-state index in [1.807, 2.05) is 48.5 Å². The van der Waals surface area contributed by atoms with E-state index >= 15 is 0 Å². The minimum Gasteiger partial charge on any atom is -0.466 e. The van der Waals surface area contributed by atoms with Crippen molar-refractivity contribution in [3.8, 4) is 6.07 Å². The van der Waals surface area contributed by atoms with E-state index in [4.69, 9.17) is 4.74 Å². The number of hydrogen-bond acceptors (Lipinski definition) is 4. The highest BCUT2D eigenvalue weighted by atomic mass is 32.2. The van der Waals surface area contributed by atoms with Gasteiger partial charge in [-0.2, -0.15) is 5.26 Å². The SMILES string of the molecule is CCOC(=O)CC1(C#N)c2ccccc2Sc2ccccc21. The van der Waals surface area contributed by atoms with Gasteiger partial charge in [-0.25, -0.2) is 0 Å². The molecule has 0 atom stereocenters. The van der Waals surface area contributed by atoms with Crippen molar-refractivity contribution in [2.75, 3.05) is 6.61 Å². The fraction of sp³-hybridized carbons (Fsp3) is 0.222. The molecule has 0 bridgehead atoms. The van der Waals surface area contributed by atoms with Gasteiger partial charge in [0.05, 0.1) is 19.1 Å². The van der Waals surface area contributed by atoms with E-state index in [-0.39, 0.29) is 12.4 Å². The predicted molar refractivity (Wildman–Crippen MR) is 84.7 cm³/mol. The van der Waals surface area contributed by atoms with E-state index in [9.17, 15) is 10.1 Å². The third-order valence-electron chi connectivity index (χ3n) is 3.82. The van der Waals surface area contributed by atoms with E-state index in [1.165, 1.54) is 0 Å². The van der Waals surface area contributed by atoms with Crippen molar-refractivity contribution in [1.29, 1.82) is 5.26 Å². The number of rotatable bonds is 3. The molecule has 0 amide bonds. The largest absolute Gasteiger partial charge is 0.466 e. The molecule has 0 aromatic heterocycles. The molecular formula is C18H15NO2S. The summed E-state index contributed by atoms with van der Waals surface area (Å²) in [7, 11) is 0. The van der Waals surface area contributed by atoms with Crippen LogP contribution >= 0.6 is 11.8 Å². The van der Waals surface area contributed by atoms with Crippen LogP contribution in [0.2, 0.25) is 0 Å². The maximum Gasteiger partial charge on any atom is 0.308 e. The maximum absolute atomic E-state index is 12.1. The van der Waals surface area contributed by atoms with Crippen LogP contribution in [0.15, 0.2) is 58.3 Å². The molecule has 0 radical (unpaired) electrons. The van der Waals surface area contributed by atoms with Gasteiger partial charge in [0.15, 0.2) is 0 Å². The number of hydrogen-bond donors (Lipinski definition) is 0. The first kappa shape index (κ1) is 14.7. The number of fused-ring (bicyclic) bond motifs is 2. The molecule has 22 heavy (non-hydrogen) atoms. The van der Waals surface area contributed by atoms with Crippen molar-refractivity contribution in [3.63, 3.8) is 0 Å². The molecule has 3 nitrogen and oxygen atoms in total. The third-order valence-corrected chi connectivity index (χ3v) is 4.97. The Balaban J connectivity index is 2.20. The van der Waals surface area contributed by atoms with E-state index < -0.39 is 5.41 Å². The Morgan fingerprint density at radius 3 is 2.18 bits per heavy atom. The minimum absolute atomic E-state index is 0.0337. The molecule has 2 aromatic rings. The molecule has 110 valence electrons. The van der Waals surface area contributed by atoms with Gasteiger partial charge >= 0.3 is 5.97 Å². The second-order valence-electron chi connectivity index (χ2n) is 5.09. The second-order valence-corrected chi connectivity index (χ2v) is 6.18. The Labute approximate surface area is 133 Å². The lowest BCUT2D eigenvalue weighted by Crippen LogP contribution is -2.33. The summed E-state index contributed by atoms with van der Waals surface area (Å²) >= 11 is 1.64. The molecule has 0 saturated heterocycles. The molecule has 3 rings (SSSR count).